The Morgan fingerprint density at radius 1 is 1.33 bits per heavy atom. The SMILES string of the molecule is Cc1n[nH]c(C)c1CNC1CCCC(OCC(F)(F)F)C1. The summed E-state index contributed by atoms with van der Waals surface area (Å²) in [6.45, 7) is 3.44. The molecule has 0 saturated heterocycles. The van der Waals surface area contributed by atoms with Gasteiger partial charge in [0.2, 0.25) is 0 Å². The van der Waals surface area contributed by atoms with Crippen LogP contribution in [-0.4, -0.2) is 35.1 Å². The van der Waals surface area contributed by atoms with Gasteiger partial charge in [-0.15, -0.1) is 0 Å². The molecule has 2 N–H and O–H groups in total. The number of hydrogen-bond donors (Lipinski definition) is 2. The molecule has 1 fully saturated rings. The first-order chi connectivity index (χ1) is 9.85. The summed E-state index contributed by atoms with van der Waals surface area (Å²) in [4.78, 5) is 0. The van der Waals surface area contributed by atoms with E-state index >= 15 is 0 Å². The lowest BCUT2D eigenvalue weighted by Gasteiger charge is -2.30. The number of nitrogens with zero attached hydrogens (tertiary/aromatic N) is 1. The van der Waals surface area contributed by atoms with E-state index in [1.165, 1.54) is 0 Å². The molecule has 0 spiro atoms. The molecule has 0 aliphatic heterocycles. The van der Waals surface area contributed by atoms with Crippen LogP contribution in [0.25, 0.3) is 0 Å². The Balaban J connectivity index is 1.79. The molecule has 7 heteroatoms. The van der Waals surface area contributed by atoms with Crippen LogP contribution in [-0.2, 0) is 11.3 Å². The van der Waals surface area contributed by atoms with Gasteiger partial charge in [0.15, 0.2) is 0 Å². The molecule has 21 heavy (non-hydrogen) atoms. The number of halogens is 3. The van der Waals surface area contributed by atoms with Crippen molar-refractivity contribution in [3.05, 3.63) is 17.0 Å². The van der Waals surface area contributed by atoms with Gasteiger partial charge in [0, 0.05) is 23.8 Å². The second-order valence-electron chi connectivity index (χ2n) is 5.71. The molecule has 2 unspecified atom stereocenters. The molecule has 1 aliphatic carbocycles. The predicted molar refractivity (Wildman–Crippen MR) is 73.0 cm³/mol. The van der Waals surface area contributed by atoms with Gasteiger partial charge in [-0.1, -0.05) is 0 Å². The minimum absolute atomic E-state index is 0.200. The predicted octanol–water partition coefficient (Wildman–Crippen LogP) is 3.01. The van der Waals surface area contributed by atoms with Crippen molar-refractivity contribution in [2.45, 2.75) is 64.4 Å². The molecular formula is C14H22F3N3O. The largest absolute Gasteiger partial charge is 0.411 e. The Labute approximate surface area is 122 Å². The highest BCUT2D eigenvalue weighted by molar-refractivity contribution is 5.22. The second kappa shape index (κ2) is 6.79. The van der Waals surface area contributed by atoms with E-state index < -0.39 is 12.8 Å². The zero-order chi connectivity index (χ0) is 15.5. The topological polar surface area (TPSA) is 49.9 Å². The van der Waals surface area contributed by atoms with Crippen molar-refractivity contribution in [3.8, 4) is 0 Å². The van der Waals surface area contributed by atoms with Gasteiger partial charge in [-0.2, -0.15) is 18.3 Å². The van der Waals surface area contributed by atoms with Crippen LogP contribution in [0, 0.1) is 13.8 Å². The summed E-state index contributed by atoms with van der Waals surface area (Å²) in [5.74, 6) is 0. The average molecular weight is 305 g/mol. The third-order valence-corrected chi connectivity index (χ3v) is 3.96. The Bertz CT molecular complexity index is 439. The van der Waals surface area contributed by atoms with Crippen molar-refractivity contribution in [2.24, 2.45) is 0 Å². The molecule has 4 nitrogen and oxygen atoms in total. The standard InChI is InChI=1S/C14H22F3N3O/c1-9-13(10(2)20-19-9)7-18-11-4-3-5-12(6-11)21-8-14(15,16)17/h11-12,18H,3-8H2,1-2H3,(H,19,20). The third kappa shape index (κ3) is 5.00. The lowest BCUT2D eigenvalue weighted by molar-refractivity contribution is -0.188. The number of hydrogen-bond acceptors (Lipinski definition) is 3. The van der Waals surface area contributed by atoms with Crippen molar-refractivity contribution in [3.63, 3.8) is 0 Å². The average Bonchev–Trinajstić information content (AvgIpc) is 2.73. The number of nitrogens with one attached hydrogen (secondary N) is 2. The van der Waals surface area contributed by atoms with E-state index in [1.807, 2.05) is 13.8 Å². The van der Waals surface area contributed by atoms with Crippen LogP contribution in [0.2, 0.25) is 0 Å². The molecule has 1 aliphatic rings. The van der Waals surface area contributed by atoms with E-state index in [0.717, 1.165) is 29.8 Å². The van der Waals surface area contributed by atoms with E-state index in [2.05, 4.69) is 15.5 Å². The normalized spacial score (nSPS) is 23.5. The second-order valence-corrected chi connectivity index (χ2v) is 5.71. The van der Waals surface area contributed by atoms with Gasteiger partial charge in [-0.05, 0) is 39.5 Å². The zero-order valence-electron chi connectivity index (χ0n) is 12.4. The Kier molecular flexibility index (Phi) is 5.27. The van der Waals surface area contributed by atoms with Crippen molar-refractivity contribution >= 4 is 0 Å². The molecule has 1 aromatic rings. The quantitative estimate of drug-likeness (QED) is 0.879. The highest BCUT2D eigenvalue weighted by Gasteiger charge is 2.31. The number of aromatic nitrogens is 2. The summed E-state index contributed by atoms with van der Waals surface area (Å²) in [6.07, 6.45) is -1.34. The molecule has 0 amide bonds. The van der Waals surface area contributed by atoms with Gasteiger partial charge < -0.3 is 10.1 Å². The maximum Gasteiger partial charge on any atom is 0.411 e. The number of ether oxygens (including phenoxy) is 1. The summed E-state index contributed by atoms with van der Waals surface area (Å²) in [5, 5.41) is 10.5. The van der Waals surface area contributed by atoms with Gasteiger partial charge in [0.25, 0.3) is 0 Å². The van der Waals surface area contributed by atoms with Crippen LogP contribution in [0.3, 0.4) is 0 Å². The summed E-state index contributed by atoms with van der Waals surface area (Å²) in [5.41, 5.74) is 3.12. The van der Waals surface area contributed by atoms with Crippen LogP contribution < -0.4 is 5.32 Å². The minimum atomic E-state index is -4.24. The van der Waals surface area contributed by atoms with Crippen LogP contribution in [0.5, 0.6) is 0 Å². The fraction of sp³-hybridized carbons (Fsp3) is 0.786. The molecule has 0 bridgehead atoms. The van der Waals surface area contributed by atoms with Gasteiger partial charge in [-0.3, -0.25) is 5.10 Å². The van der Waals surface area contributed by atoms with Gasteiger partial charge in [-0.25, -0.2) is 0 Å². The third-order valence-electron chi connectivity index (χ3n) is 3.96. The fourth-order valence-electron chi connectivity index (χ4n) is 2.77. The summed E-state index contributed by atoms with van der Waals surface area (Å²) in [6, 6.07) is 0.200. The highest BCUT2D eigenvalue weighted by Crippen LogP contribution is 2.24. The van der Waals surface area contributed by atoms with E-state index in [9.17, 15) is 13.2 Å². The van der Waals surface area contributed by atoms with Gasteiger partial charge >= 0.3 is 6.18 Å². The van der Waals surface area contributed by atoms with E-state index in [0.29, 0.717) is 19.4 Å². The maximum absolute atomic E-state index is 12.2. The van der Waals surface area contributed by atoms with E-state index in [-0.39, 0.29) is 12.1 Å². The number of alkyl halides is 3. The minimum Gasteiger partial charge on any atom is -0.369 e. The lowest BCUT2D eigenvalue weighted by Crippen LogP contribution is -2.38. The van der Waals surface area contributed by atoms with Crippen molar-refractivity contribution < 1.29 is 17.9 Å². The monoisotopic (exact) mass is 305 g/mol. The molecule has 0 aromatic carbocycles. The number of aryl methyl sites for hydroxylation is 2. The van der Waals surface area contributed by atoms with Gasteiger partial charge in [0.1, 0.15) is 6.61 Å². The highest BCUT2D eigenvalue weighted by atomic mass is 19.4. The molecule has 1 heterocycles. The van der Waals surface area contributed by atoms with Crippen molar-refractivity contribution in [1.29, 1.82) is 0 Å². The Hall–Kier alpha value is -1.08. The van der Waals surface area contributed by atoms with Crippen molar-refractivity contribution in [2.75, 3.05) is 6.61 Å². The van der Waals surface area contributed by atoms with E-state index in [4.69, 9.17) is 4.74 Å². The van der Waals surface area contributed by atoms with Crippen LogP contribution in [0.15, 0.2) is 0 Å². The first kappa shape index (κ1) is 16.3. The first-order valence-electron chi connectivity index (χ1n) is 7.27. The van der Waals surface area contributed by atoms with E-state index in [1.54, 1.807) is 0 Å². The Morgan fingerprint density at radius 2 is 2.10 bits per heavy atom. The molecule has 2 atom stereocenters. The molecule has 0 radical (unpaired) electrons. The molecule has 1 saturated carbocycles. The van der Waals surface area contributed by atoms with Gasteiger partial charge in [0.05, 0.1) is 11.8 Å². The summed E-state index contributed by atoms with van der Waals surface area (Å²) in [7, 11) is 0. The molecule has 1 aromatic heterocycles. The number of rotatable bonds is 5. The van der Waals surface area contributed by atoms with Crippen LogP contribution in [0.1, 0.15) is 42.6 Å². The fourth-order valence-corrected chi connectivity index (χ4v) is 2.77. The maximum atomic E-state index is 12.2. The smallest absolute Gasteiger partial charge is 0.369 e. The Morgan fingerprint density at radius 3 is 2.71 bits per heavy atom. The summed E-state index contributed by atoms with van der Waals surface area (Å²) < 4.78 is 41.5. The molecular weight excluding hydrogens is 283 g/mol. The zero-order valence-corrected chi connectivity index (χ0v) is 12.4. The molecule has 120 valence electrons. The van der Waals surface area contributed by atoms with Crippen LogP contribution >= 0.6 is 0 Å². The van der Waals surface area contributed by atoms with Crippen LogP contribution in [0.4, 0.5) is 13.2 Å². The summed E-state index contributed by atoms with van der Waals surface area (Å²) >= 11 is 0. The first-order valence-corrected chi connectivity index (χ1v) is 7.27. The lowest BCUT2D eigenvalue weighted by atomic mass is 9.92. The molecule has 2 rings (SSSR count). The van der Waals surface area contributed by atoms with Crippen molar-refractivity contribution in [1.82, 2.24) is 15.5 Å². The number of aromatic amines is 1. The number of H-pyrrole nitrogens is 1.